The van der Waals surface area contributed by atoms with Crippen molar-refractivity contribution in [3.05, 3.63) is 36.7 Å². The number of benzene rings is 1. The Morgan fingerprint density at radius 2 is 2.06 bits per heavy atom. The summed E-state index contributed by atoms with van der Waals surface area (Å²) in [5, 5.41) is 9.19. The fraction of sp³-hybridized carbons (Fsp3) is 0.0909. The summed E-state index contributed by atoms with van der Waals surface area (Å²) in [7, 11) is 1.33. The van der Waals surface area contributed by atoms with E-state index in [2.05, 4.69) is 20.3 Å². The van der Waals surface area contributed by atoms with E-state index in [0.29, 0.717) is 5.69 Å². The molecule has 0 radical (unpaired) electrons. The van der Waals surface area contributed by atoms with Gasteiger partial charge in [0.15, 0.2) is 0 Å². The molecule has 2 rings (SSSR count). The molecule has 1 aromatic heterocycles. The van der Waals surface area contributed by atoms with Crippen LogP contribution in [0.25, 0.3) is 11.1 Å². The molecule has 0 saturated carbocycles. The first-order chi connectivity index (χ1) is 7.79. The minimum Gasteiger partial charge on any atom is -0.453 e. The number of nitrogens with zero attached hydrogens (tertiary/aromatic N) is 1. The molecule has 2 aromatic rings. The van der Waals surface area contributed by atoms with E-state index in [0.717, 1.165) is 11.1 Å². The molecule has 5 heteroatoms. The number of hydrogen-bond donors (Lipinski definition) is 2. The monoisotopic (exact) mass is 217 g/mol. The molecule has 1 amide bonds. The Morgan fingerprint density at radius 1 is 1.31 bits per heavy atom. The summed E-state index contributed by atoms with van der Waals surface area (Å²) < 4.78 is 4.49. The molecule has 2 N–H and O–H groups in total. The van der Waals surface area contributed by atoms with Gasteiger partial charge in [-0.3, -0.25) is 10.4 Å². The topological polar surface area (TPSA) is 67.0 Å². The van der Waals surface area contributed by atoms with Gasteiger partial charge in [0, 0.05) is 17.4 Å². The molecule has 0 fully saturated rings. The van der Waals surface area contributed by atoms with E-state index in [1.807, 2.05) is 18.3 Å². The van der Waals surface area contributed by atoms with Crippen LogP contribution in [-0.2, 0) is 4.74 Å². The summed E-state index contributed by atoms with van der Waals surface area (Å²) >= 11 is 0. The molecule has 0 aliphatic carbocycles. The van der Waals surface area contributed by atoms with Crippen molar-refractivity contribution in [2.75, 3.05) is 12.4 Å². The van der Waals surface area contributed by atoms with Crippen molar-refractivity contribution in [1.29, 1.82) is 0 Å². The average molecular weight is 217 g/mol. The van der Waals surface area contributed by atoms with E-state index in [4.69, 9.17) is 0 Å². The van der Waals surface area contributed by atoms with Crippen molar-refractivity contribution in [2.45, 2.75) is 0 Å². The number of methoxy groups -OCH3 is 1. The smallest absolute Gasteiger partial charge is 0.411 e. The van der Waals surface area contributed by atoms with Crippen molar-refractivity contribution < 1.29 is 9.53 Å². The van der Waals surface area contributed by atoms with Crippen LogP contribution in [0.2, 0.25) is 0 Å². The zero-order valence-electron chi connectivity index (χ0n) is 8.73. The molecular formula is C11H11N3O2. The largest absolute Gasteiger partial charge is 0.453 e. The lowest BCUT2D eigenvalue weighted by molar-refractivity contribution is 0.187. The maximum Gasteiger partial charge on any atom is 0.411 e. The van der Waals surface area contributed by atoms with Crippen LogP contribution in [0.15, 0.2) is 36.7 Å². The average Bonchev–Trinajstić information content (AvgIpc) is 2.83. The summed E-state index contributed by atoms with van der Waals surface area (Å²) in [6, 6.07) is 7.41. The van der Waals surface area contributed by atoms with Crippen LogP contribution in [0.4, 0.5) is 10.5 Å². The number of aromatic amines is 1. The third-order valence-corrected chi connectivity index (χ3v) is 2.15. The highest BCUT2D eigenvalue weighted by molar-refractivity contribution is 5.84. The zero-order valence-corrected chi connectivity index (χ0v) is 8.73. The van der Waals surface area contributed by atoms with Crippen molar-refractivity contribution in [2.24, 2.45) is 0 Å². The van der Waals surface area contributed by atoms with Crippen LogP contribution in [-0.4, -0.2) is 23.4 Å². The zero-order chi connectivity index (χ0) is 11.4. The minimum absolute atomic E-state index is 0.476. The van der Waals surface area contributed by atoms with E-state index in [-0.39, 0.29) is 0 Å². The van der Waals surface area contributed by atoms with E-state index in [1.165, 1.54) is 7.11 Å². The van der Waals surface area contributed by atoms with Crippen LogP contribution in [0.3, 0.4) is 0 Å². The number of H-pyrrole nitrogens is 1. The summed E-state index contributed by atoms with van der Waals surface area (Å²) in [4.78, 5) is 10.9. The summed E-state index contributed by atoms with van der Waals surface area (Å²) in [6.07, 6.45) is 3.07. The second kappa shape index (κ2) is 4.48. The third kappa shape index (κ3) is 2.20. The Bertz CT molecular complexity index is 462. The van der Waals surface area contributed by atoms with E-state index >= 15 is 0 Å². The Hall–Kier alpha value is -2.30. The maximum absolute atomic E-state index is 10.9. The lowest BCUT2D eigenvalue weighted by atomic mass is 10.1. The van der Waals surface area contributed by atoms with Crippen molar-refractivity contribution in [3.63, 3.8) is 0 Å². The molecule has 0 aliphatic rings. The van der Waals surface area contributed by atoms with Gasteiger partial charge in [-0.15, -0.1) is 0 Å². The van der Waals surface area contributed by atoms with Gasteiger partial charge in [-0.2, -0.15) is 5.10 Å². The predicted molar refractivity (Wildman–Crippen MR) is 60.1 cm³/mol. The molecule has 16 heavy (non-hydrogen) atoms. The first-order valence-corrected chi connectivity index (χ1v) is 4.74. The summed E-state index contributed by atoms with van der Waals surface area (Å²) in [5.41, 5.74) is 2.73. The van der Waals surface area contributed by atoms with Crippen LogP contribution in [0.5, 0.6) is 0 Å². The summed E-state index contributed by atoms with van der Waals surface area (Å²) in [5.74, 6) is 0. The molecule has 0 spiro atoms. The fourth-order valence-corrected chi connectivity index (χ4v) is 1.32. The molecule has 1 aromatic carbocycles. The molecule has 0 aliphatic heterocycles. The Morgan fingerprint density at radius 3 is 2.62 bits per heavy atom. The number of aromatic nitrogens is 2. The number of carbonyl (C=O) groups is 1. The van der Waals surface area contributed by atoms with Crippen molar-refractivity contribution in [1.82, 2.24) is 10.2 Å². The number of carbonyl (C=O) groups excluding carboxylic acids is 1. The first-order valence-electron chi connectivity index (χ1n) is 4.74. The number of rotatable bonds is 2. The fourth-order valence-electron chi connectivity index (χ4n) is 1.32. The minimum atomic E-state index is -0.476. The second-order valence-corrected chi connectivity index (χ2v) is 3.18. The second-order valence-electron chi connectivity index (χ2n) is 3.18. The predicted octanol–water partition coefficient (Wildman–Crippen LogP) is 2.25. The summed E-state index contributed by atoms with van der Waals surface area (Å²) in [6.45, 7) is 0. The molecule has 82 valence electrons. The van der Waals surface area contributed by atoms with Crippen LogP contribution in [0, 0.1) is 0 Å². The van der Waals surface area contributed by atoms with Gasteiger partial charge in [0.25, 0.3) is 0 Å². The van der Waals surface area contributed by atoms with Gasteiger partial charge in [-0.25, -0.2) is 4.79 Å². The van der Waals surface area contributed by atoms with E-state index < -0.39 is 6.09 Å². The number of amides is 1. The Labute approximate surface area is 92.4 Å². The van der Waals surface area contributed by atoms with Gasteiger partial charge < -0.3 is 4.74 Å². The molecule has 0 atom stereocenters. The van der Waals surface area contributed by atoms with Gasteiger partial charge in [0.1, 0.15) is 0 Å². The standard InChI is InChI=1S/C11H11N3O2/c1-16-11(15)14-10-4-2-8(3-5-10)9-6-12-13-7-9/h2-7H,1H3,(H,12,13)(H,14,15). The van der Waals surface area contributed by atoms with E-state index in [1.54, 1.807) is 18.3 Å². The van der Waals surface area contributed by atoms with E-state index in [9.17, 15) is 4.79 Å². The highest BCUT2D eigenvalue weighted by atomic mass is 16.5. The van der Waals surface area contributed by atoms with Crippen LogP contribution in [0.1, 0.15) is 0 Å². The SMILES string of the molecule is COC(=O)Nc1ccc(-c2cn[nH]c2)cc1. The van der Waals surface area contributed by atoms with Crippen molar-refractivity contribution in [3.8, 4) is 11.1 Å². The normalized spacial score (nSPS) is 9.81. The van der Waals surface area contributed by atoms with Gasteiger partial charge in [-0.05, 0) is 17.7 Å². The van der Waals surface area contributed by atoms with Gasteiger partial charge in [-0.1, -0.05) is 12.1 Å². The highest BCUT2D eigenvalue weighted by Crippen LogP contribution is 2.19. The number of hydrogen-bond acceptors (Lipinski definition) is 3. The first kappa shape index (κ1) is 10.2. The van der Waals surface area contributed by atoms with Crippen LogP contribution >= 0.6 is 0 Å². The molecule has 0 saturated heterocycles. The lowest BCUT2D eigenvalue weighted by Crippen LogP contribution is -2.10. The number of anilines is 1. The Kier molecular flexibility index (Phi) is 2.86. The highest BCUT2D eigenvalue weighted by Gasteiger charge is 2.01. The molecular weight excluding hydrogens is 206 g/mol. The molecule has 0 bridgehead atoms. The van der Waals surface area contributed by atoms with Crippen LogP contribution < -0.4 is 5.32 Å². The third-order valence-electron chi connectivity index (χ3n) is 2.15. The van der Waals surface area contributed by atoms with Gasteiger partial charge in [0.05, 0.1) is 13.3 Å². The number of nitrogens with one attached hydrogen (secondary N) is 2. The molecule has 0 unspecified atom stereocenters. The Balaban J connectivity index is 2.14. The number of ether oxygens (including phenoxy) is 1. The van der Waals surface area contributed by atoms with Gasteiger partial charge >= 0.3 is 6.09 Å². The molecule has 5 nitrogen and oxygen atoms in total. The van der Waals surface area contributed by atoms with Crippen molar-refractivity contribution >= 4 is 11.8 Å². The maximum atomic E-state index is 10.9. The lowest BCUT2D eigenvalue weighted by Gasteiger charge is -2.04. The van der Waals surface area contributed by atoms with Gasteiger partial charge in [0.2, 0.25) is 0 Å². The quantitative estimate of drug-likeness (QED) is 0.810. The molecule has 1 heterocycles.